The third-order valence-corrected chi connectivity index (χ3v) is 3.84. The lowest BCUT2D eigenvalue weighted by Gasteiger charge is -2.40. The zero-order chi connectivity index (χ0) is 14.4. The van der Waals surface area contributed by atoms with Gasteiger partial charge in [-0.15, -0.1) is 0 Å². The number of hydrogen-bond donors (Lipinski definition) is 1. The van der Waals surface area contributed by atoms with Crippen LogP contribution in [0.15, 0.2) is 30.3 Å². The lowest BCUT2D eigenvalue weighted by Crippen LogP contribution is -2.52. The van der Waals surface area contributed by atoms with Crippen molar-refractivity contribution in [3.8, 4) is 0 Å². The summed E-state index contributed by atoms with van der Waals surface area (Å²) in [7, 11) is 2.11. The minimum atomic E-state index is 0.0698. The molecule has 1 aromatic carbocycles. The molecule has 2 amide bonds. The van der Waals surface area contributed by atoms with Gasteiger partial charge >= 0.3 is 6.03 Å². The molecule has 2 rings (SSSR count). The molecule has 1 saturated heterocycles. The third-order valence-electron chi connectivity index (χ3n) is 3.84. The van der Waals surface area contributed by atoms with Gasteiger partial charge < -0.3 is 15.1 Å². The SMILES string of the molecule is CCCCNC(=O)N1CCN(C)CC1c1ccccc1. The topological polar surface area (TPSA) is 35.6 Å². The Morgan fingerprint density at radius 3 is 2.75 bits per heavy atom. The Kier molecular flexibility index (Phi) is 5.41. The van der Waals surface area contributed by atoms with E-state index in [-0.39, 0.29) is 12.1 Å². The Morgan fingerprint density at radius 2 is 2.05 bits per heavy atom. The molecule has 0 saturated carbocycles. The van der Waals surface area contributed by atoms with E-state index >= 15 is 0 Å². The first-order chi connectivity index (χ1) is 9.72. The van der Waals surface area contributed by atoms with Crippen molar-refractivity contribution in [2.75, 3.05) is 33.2 Å². The van der Waals surface area contributed by atoms with Gasteiger partial charge in [0.05, 0.1) is 6.04 Å². The molecule has 1 heterocycles. The predicted octanol–water partition coefficient (Wildman–Crippen LogP) is 2.48. The monoisotopic (exact) mass is 275 g/mol. The first-order valence-electron chi connectivity index (χ1n) is 7.50. The van der Waals surface area contributed by atoms with Gasteiger partial charge in [-0.25, -0.2) is 4.79 Å². The molecule has 0 radical (unpaired) electrons. The highest BCUT2D eigenvalue weighted by atomic mass is 16.2. The first kappa shape index (κ1) is 14.9. The van der Waals surface area contributed by atoms with Gasteiger partial charge in [0, 0.05) is 26.2 Å². The zero-order valence-electron chi connectivity index (χ0n) is 12.5. The van der Waals surface area contributed by atoms with E-state index in [1.54, 1.807) is 0 Å². The maximum Gasteiger partial charge on any atom is 0.318 e. The maximum atomic E-state index is 12.4. The minimum absolute atomic E-state index is 0.0698. The van der Waals surface area contributed by atoms with Crippen LogP contribution in [0.4, 0.5) is 4.79 Å². The van der Waals surface area contributed by atoms with E-state index in [2.05, 4.69) is 36.3 Å². The molecule has 1 aliphatic heterocycles. The standard InChI is InChI=1S/C16H25N3O/c1-3-4-10-17-16(20)19-12-11-18(2)13-15(19)14-8-6-5-7-9-14/h5-9,15H,3-4,10-13H2,1-2H3,(H,17,20). The summed E-state index contributed by atoms with van der Waals surface area (Å²) in [5, 5.41) is 3.04. The van der Waals surface area contributed by atoms with E-state index < -0.39 is 0 Å². The molecule has 0 spiro atoms. The van der Waals surface area contributed by atoms with E-state index in [9.17, 15) is 4.79 Å². The number of benzene rings is 1. The van der Waals surface area contributed by atoms with Crippen molar-refractivity contribution in [1.29, 1.82) is 0 Å². The number of urea groups is 1. The molecule has 20 heavy (non-hydrogen) atoms. The zero-order valence-corrected chi connectivity index (χ0v) is 12.5. The van der Waals surface area contributed by atoms with Crippen molar-refractivity contribution < 1.29 is 4.79 Å². The van der Waals surface area contributed by atoms with Gasteiger partial charge in [-0.1, -0.05) is 43.7 Å². The lowest BCUT2D eigenvalue weighted by atomic mass is 10.0. The summed E-state index contributed by atoms with van der Waals surface area (Å²) in [6, 6.07) is 10.5. The molecule has 1 atom stereocenters. The van der Waals surface area contributed by atoms with Crippen LogP contribution >= 0.6 is 0 Å². The molecule has 1 N–H and O–H groups in total. The fourth-order valence-corrected chi connectivity index (χ4v) is 2.60. The number of likely N-dealkylation sites (N-methyl/N-ethyl adjacent to an activating group) is 1. The number of nitrogens with zero attached hydrogens (tertiary/aromatic N) is 2. The van der Waals surface area contributed by atoms with E-state index in [1.807, 2.05) is 23.1 Å². The second kappa shape index (κ2) is 7.29. The average Bonchev–Trinajstić information content (AvgIpc) is 2.48. The molecule has 0 bridgehead atoms. The normalized spacial score (nSPS) is 19.9. The Balaban J connectivity index is 2.06. The van der Waals surface area contributed by atoms with E-state index in [0.29, 0.717) is 0 Å². The fraction of sp³-hybridized carbons (Fsp3) is 0.562. The number of hydrogen-bond acceptors (Lipinski definition) is 2. The molecule has 1 aliphatic rings. The van der Waals surface area contributed by atoms with Gasteiger partial charge in [0.25, 0.3) is 0 Å². The lowest BCUT2D eigenvalue weighted by molar-refractivity contribution is 0.109. The molecule has 0 aromatic heterocycles. The second-order valence-electron chi connectivity index (χ2n) is 5.47. The van der Waals surface area contributed by atoms with Gasteiger partial charge in [-0.3, -0.25) is 0 Å². The summed E-state index contributed by atoms with van der Waals surface area (Å²) in [4.78, 5) is 16.6. The third kappa shape index (κ3) is 3.73. The number of nitrogens with one attached hydrogen (secondary N) is 1. The maximum absolute atomic E-state index is 12.4. The van der Waals surface area contributed by atoms with Crippen molar-refractivity contribution >= 4 is 6.03 Å². The molecular formula is C16H25N3O. The summed E-state index contributed by atoms with van der Waals surface area (Å²) in [6.45, 7) is 5.52. The Hall–Kier alpha value is -1.55. The first-order valence-corrected chi connectivity index (χ1v) is 7.50. The number of rotatable bonds is 4. The van der Waals surface area contributed by atoms with E-state index in [1.165, 1.54) is 5.56 Å². The number of carbonyl (C=O) groups is 1. The van der Waals surface area contributed by atoms with Gasteiger partial charge in [0.15, 0.2) is 0 Å². The smallest absolute Gasteiger partial charge is 0.318 e. The molecular weight excluding hydrogens is 250 g/mol. The van der Waals surface area contributed by atoms with Crippen molar-refractivity contribution in [2.24, 2.45) is 0 Å². The van der Waals surface area contributed by atoms with E-state index in [4.69, 9.17) is 0 Å². The Bertz CT molecular complexity index is 421. The van der Waals surface area contributed by atoms with Crippen molar-refractivity contribution in [1.82, 2.24) is 15.1 Å². The number of carbonyl (C=O) groups excluding carboxylic acids is 1. The predicted molar refractivity (Wildman–Crippen MR) is 81.7 cm³/mol. The number of unbranched alkanes of at least 4 members (excludes halogenated alkanes) is 1. The van der Waals surface area contributed by atoms with Gasteiger partial charge in [-0.05, 0) is 19.0 Å². The minimum Gasteiger partial charge on any atom is -0.338 e. The van der Waals surface area contributed by atoms with Crippen LogP contribution < -0.4 is 5.32 Å². The highest BCUT2D eigenvalue weighted by Gasteiger charge is 2.29. The molecule has 110 valence electrons. The molecule has 1 aromatic rings. The van der Waals surface area contributed by atoms with Crippen LogP contribution in [0.5, 0.6) is 0 Å². The van der Waals surface area contributed by atoms with E-state index in [0.717, 1.165) is 39.0 Å². The molecule has 1 fully saturated rings. The van der Waals surface area contributed by atoms with Crippen LogP contribution in [0, 0.1) is 0 Å². The van der Waals surface area contributed by atoms with Crippen molar-refractivity contribution in [3.63, 3.8) is 0 Å². The quantitative estimate of drug-likeness (QED) is 0.857. The molecule has 4 nitrogen and oxygen atoms in total. The highest BCUT2D eigenvalue weighted by molar-refractivity contribution is 5.75. The van der Waals surface area contributed by atoms with Gasteiger partial charge in [0.1, 0.15) is 0 Å². The summed E-state index contributed by atoms with van der Waals surface area (Å²) >= 11 is 0. The average molecular weight is 275 g/mol. The largest absolute Gasteiger partial charge is 0.338 e. The molecule has 4 heteroatoms. The number of amides is 2. The Morgan fingerprint density at radius 1 is 1.30 bits per heavy atom. The Labute approximate surface area is 121 Å². The molecule has 1 unspecified atom stereocenters. The van der Waals surface area contributed by atoms with Crippen molar-refractivity contribution in [2.45, 2.75) is 25.8 Å². The summed E-state index contributed by atoms with van der Waals surface area (Å²) in [5.74, 6) is 0. The van der Waals surface area contributed by atoms with Gasteiger partial charge in [0.2, 0.25) is 0 Å². The van der Waals surface area contributed by atoms with Crippen LogP contribution in [0.1, 0.15) is 31.4 Å². The summed E-state index contributed by atoms with van der Waals surface area (Å²) in [5.41, 5.74) is 1.21. The van der Waals surface area contributed by atoms with Crippen LogP contribution in [0.2, 0.25) is 0 Å². The van der Waals surface area contributed by atoms with Gasteiger partial charge in [-0.2, -0.15) is 0 Å². The molecule has 0 aliphatic carbocycles. The van der Waals surface area contributed by atoms with Crippen LogP contribution in [-0.4, -0.2) is 49.1 Å². The van der Waals surface area contributed by atoms with Crippen LogP contribution in [0.3, 0.4) is 0 Å². The highest BCUT2D eigenvalue weighted by Crippen LogP contribution is 2.24. The summed E-state index contributed by atoms with van der Waals surface area (Å²) in [6.07, 6.45) is 2.14. The van der Waals surface area contributed by atoms with Crippen LogP contribution in [-0.2, 0) is 0 Å². The second-order valence-corrected chi connectivity index (χ2v) is 5.47. The van der Waals surface area contributed by atoms with Crippen LogP contribution in [0.25, 0.3) is 0 Å². The van der Waals surface area contributed by atoms with Crippen molar-refractivity contribution in [3.05, 3.63) is 35.9 Å². The summed E-state index contributed by atoms with van der Waals surface area (Å²) < 4.78 is 0. The fourth-order valence-electron chi connectivity index (χ4n) is 2.60. The number of piperazine rings is 1.